The summed E-state index contributed by atoms with van der Waals surface area (Å²) in [6, 6.07) is 29.0. The van der Waals surface area contributed by atoms with Crippen molar-refractivity contribution in [2.24, 2.45) is 5.10 Å². The van der Waals surface area contributed by atoms with E-state index in [0.29, 0.717) is 24.5 Å². The second kappa shape index (κ2) is 11.0. The third kappa shape index (κ3) is 5.77. The van der Waals surface area contributed by atoms with E-state index in [0.717, 1.165) is 34.1 Å². The molecule has 5 heteroatoms. The zero-order chi connectivity index (χ0) is 22.9. The van der Waals surface area contributed by atoms with Gasteiger partial charge in [-0.05, 0) is 53.1 Å². The van der Waals surface area contributed by atoms with Crippen LogP contribution >= 0.6 is 0 Å². The maximum Gasteiger partial charge on any atom is 0.271 e. The van der Waals surface area contributed by atoms with Gasteiger partial charge in [0.15, 0.2) is 0 Å². The van der Waals surface area contributed by atoms with Gasteiger partial charge in [0.1, 0.15) is 18.1 Å². The van der Waals surface area contributed by atoms with Crippen LogP contribution in [0.2, 0.25) is 0 Å². The molecule has 0 heterocycles. The second-order valence-corrected chi connectivity index (χ2v) is 7.54. The lowest BCUT2D eigenvalue weighted by atomic mass is 10.0. The van der Waals surface area contributed by atoms with Gasteiger partial charge in [0, 0.05) is 11.1 Å². The maximum absolute atomic E-state index is 12.5. The van der Waals surface area contributed by atoms with Gasteiger partial charge in [0.2, 0.25) is 0 Å². The molecule has 0 fully saturated rings. The van der Waals surface area contributed by atoms with Gasteiger partial charge in [-0.1, -0.05) is 67.6 Å². The molecule has 0 radical (unpaired) electrons. The molecule has 0 aliphatic rings. The van der Waals surface area contributed by atoms with Crippen LogP contribution in [0.4, 0.5) is 0 Å². The number of fused-ring (bicyclic) bond motifs is 1. The van der Waals surface area contributed by atoms with Gasteiger partial charge in [0.25, 0.3) is 5.91 Å². The third-order valence-corrected chi connectivity index (χ3v) is 5.12. The van der Waals surface area contributed by atoms with E-state index in [1.54, 1.807) is 30.5 Å². The predicted octanol–water partition coefficient (Wildman–Crippen LogP) is 5.97. The van der Waals surface area contributed by atoms with Crippen molar-refractivity contribution in [1.82, 2.24) is 5.43 Å². The quantitative estimate of drug-likeness (QED) is 0.259. The number of amides is 1. The molecular formula is C28H26N2O3. The lowest BCUT2D eigenvalue weighted by Crippen LogP contribution is -2.17. The van der Waals surface area contributed by atoms with Crippen LogP contribution < -0.4 is 14.9 Å². The van der Waals surface area contributed by atoms with Crippen LogP contribution in [-0.2, 0) is 6.61 Å². The highest BCUT2D eigenvalue weighted by Gasteiger charge is 2.09. The van der Waals surface area contributed by atoms with Gasteiger partial charge in [0.05, 0.1) is 12.8 Å². The normalized spacial score (nSPS) is 10.9. The number of rotatable bonds is 9. The first kappa shape index (κ1) is 22.1. The van der Waals surface area contributed by atoms with E-state index in [4.69, 9.17) is 9.47 Å². The molecule has 5 nitrogen and oxygen atoms in total. The van der Waals surface area contributed by atoms with E-state index in [2.05, 4.69) is 10.5 Å². The molecule has 1 N–H and O–H groups in total. The fourth-order valence-electron chi connectivity index (χ4n) is 3.41. The number of nitrogens with zero attached hydrogens (tertiary/aromatic N) is 1. The molecule has 4 rings (SSSR count). The smallest absolute Gasteiger partial charge is 0.271 e. The van der Waals surface area contributed by atoms with Crippen molar-refractivity contribution in [2.45, 2.75) is 20.0 Å². The second-order valence-electron chi connectivity index (χ2n) is 7.54. The van der Waals surface area contributed by atoms with E-state index in [9.17, 15) is 4.79 Å². The molecule has 0 atom stereocenters. The summed E-state index contributed by atoms with van der Waals surface area (Å²) in [4.78, 5) is 12.5. The summed E-state index contributed by atoms with van der Waals surface area (Å²) in [5, 5.41) is 6.29. The van der Waals surface area contributed by atoms with E-state index in [1.807, 2.05) is 73.7 Å². The molecule has 0 saturated carbocycles. The first-order valence-corrected chi connectivity index (χ1v) is 11.0. The number of ether oxygens (including phenoxy) is 2. The summed E-state index contributed by atoms with van der Waals surface area (Å²) in [6.07, 6.45) is 2.57. The van der Waals surface area contributed by atoms with Crippen molar-refractivity contribution in [3.05, 3.63) is 108 Å². The molecule has 1 amide bonds. The third-order valence-electron chi connectivity index (χ3n) is 5.12. The summed E-state index contributed by atoms with van der Waals surface area (Å²) in [5.41, 5.74) is 5.01. The summed E-state index contributed by atoms with van der Waals surface area (Å²) < 4.78 is 11.7. The summed E-state index contributed by atoms with van der Waals surface area (Å²) in [5.74, 6) is 1.15. The zero-order valence-electron chi connectivity index (χ0n) is 18.5. The van der Waals surface area contributed by atoms with Crippen LogP contribution in [-0.4, -0.2) is 18.7 Å². The molecule has 166 valence electrons. The Balaban J connectivity index is 1.50. The Bertz CT molecular complexity index is 1240. The highest BCUT2D eigenvalue weighted by atomic mass is 16.5. The standard InChI is InChI=1S/C28H26N2O3/c1-2-18-32-24-15-12-23(13-16-24)28(31)30-29-19-26-25-11-7-6-10-22(25)14-17-27(26)33-20-21-8-4-3-5-9-21/h3-17,19H,2,18,20H2,1H3,(H,30,31)/b29-19+. The fourth-order valence-corrected chi connectivity index (χ4v) is 3.41. The topological polar surface area (TPSA) is 59.9 Å². The van der Waals surface area contributed by atoms with Crippen molar-refractivity contribution in [1.29, 1.82) is 0 Å². The molecule has 33 heavy (non-hydrogen) atoms. The van der Waals surface area contributed by atoms with Gasteiger partial charge >= 0.3 is 0 Å². The van der Waals surface area contributed by atoms with Crippen molar-refractivity contribution >= 4 is 22.9 Å². The molecule has 0 unspecified atom stereocenters. The van der Waals surface area contributed by atoms with Crippen LogP contribution in [0.5, 0.6) is 11.5 Å². The Kier molecular flexibility index (Phi) is 7.33. The van der Waals surface area contributed by atoms with E-state index in [-0.39, 0.29) is 5.91 Å². The number of hydrogen-bond acceptors (Lipinski definition) is 4. The molecule has 4 aromatic carbocycles. The van der Waals surface area contributed by atoms with Crippen LogP contribution in [0.25, 0.3) is 10.8 Å². The van der Waals surface area contributed by atoms with Gasteiger partial charge in [-0.25, -0.2) is 5.43 Å². The number of hydrazone groups is 1. The minimum atomic E-state index is -0.291. The van der Waals surface area contributed by atoms with Crippen LogP contribution in [0, 0.1) is 0 Å². The summed E-state index contributed by atoms with van der Waals surface area (Å²) in [6.45, 7) is 3.14. The maximum atomic E-state index is 12.5. The van der Waals surface area contributed by atoms with Crippen LogP contribution in [0.1, 0.15) is 34.8 Å². The number of nitrogens with one attached hydrogen (secondary N) is 1. The number of benzene rings is 4. The molecule has 0 aromatic heterocycles. The van der Waals surface area contributed by atoms with Gasteiger partial charge in [-0.15, -0.1) is 0 Å². The SMILES string of the molecule is CCCOc1ccc(C(=O)N/N=C/c2c(OCc3ccccc3)ccc3ccccc23)cc1. The highest BCUT2D eigenvalue weighted by Crippen LogP contribution is 2.27. The number of hydrogen-bond donors (Lipinski definition) is 1. The first-order chi connectivity index (χ1) is 16.2. The largest absolute Gasteiger partial charge is 0.494 e. The minimum absolute atomic E-state index is 0.291. The lowest BCUT2D eigenvalue weighted by molar-refractivity contribution is 0.0955. The van der Waals surface area contributed by atoms with Crippen molar-refractivity contribution in [2.75, 3.05) is 6.61 Å². The minimum Gasteiger partial charge on any atom is -0.494 e. The summed E-state index contributed by atoms with van der Waals surface area (Å²) >= 11 is 0. The van der Waals surface area contributed by atoms with Crippen molar-refractivity contribution in [3.63, 3.8) is 0 Å². The van der Waals surface area contributed by atoms with Gasteiger partial charge in [-0.2, -0.15) is 5.10 Å². The highest BCUT2D eigenvalue weighted by molar-refractivity contribution is 6.03. The Morgan fingerprint density at radius 1 is 0.879 bits per heavy atom. The molecular weight excluding hydrogens is 412 g/mol. The van der Waals surface area contributed by atoms with Gasteiger partial charge in [-0.3, -0.25) is 4.79 Å². The van der Waals surface area contributed by atoms with Gasteiger partial charge < -0.3 is 9.47 Å². The van der Waals surface area contributed by atoms with E-state index >= 15 is 0 Å². The van der Waals surface area contributed by atoms with E-state index < -0.39 is 0 Å². The number of carbonyl (C=O) groups excluding carboxylic acids is 1. The average molecular weight is 439 g/mol. The van der Waals surface area contributed by atoms with Crippen LogP contribution in [0.3, 0.4) is 0 Å². The van der Waals surface area contributed by atoms with E-state index in [1.165, 1.54) is 0 Å². The average Bonchev–Trinajstić information content (AvgIpc) is 2.87. The van der Waals surface area contributed by atoms with Crippen molar-refractivity contribution in [3.8, 4) is 11.5 Å². The molecule has 0 aliphatic carbocycles. The summed E-state index contributed by atoms with van der Waals surface area (Å²) in [7, 11) is 0. The zero-order valence-corrected chi connectivity index (χ0v) is 18.5. The lowest BCUT2D eigenvalue weighted by Gasteiger charge is -2.12. The fraction of sp³-hybridized carbons (Fsp3) is 0.143. The Morgan fingerprint density at radius 3 is 2.42 bits per heavy atom. The monoisotopic (exact) mass is 438 g/mol. The molecule has 4 aromatic rings. The Hall–Kier alpha value is -4.12. The predicted molar refractivity (Wildman–Crippen MR) is 132 cm³/mol. The first-order valence-electron chi connectivity index (χ1n) is 11.0. The Morgan fingerprint density at radius 2 is 1.64 bits per heavy atom. The van der Waals surface area contributed by atoms with Crippen molar-refractivity contribution < 1.29 is 14.3 Å². The molecule has 0 aliphatic heterocycles. The number of carbonyl (C=O) groups is 1. The van der Waals surface area contributed by atoms with Crippen LogP contribution in [0.15, 0.2) is 96.1 Å². The molecule has 0 saturated heterocycles. The molecule has 0 bridgehead atoms. The Labute approximate surface area is 193 Å². The molecule has 0 spiro atoms.